The summed E-state index contributed by atoms with van der Waals surface area (Å²) in [5.41, 5.74) is 0. The summed E-state index contributed by atoms with van der Waals surface area (Å²) in [4.78, 5) is 11.9. The summed E-state index contributed by atoms with van der Waals surface area (Å²) in [7, 11) is 0. The van der Waals surface area contributed by atoms with Crippen molar-refractivity contribution in [3.05, 3.63) is 28.7 Å². The zero-order valence-corrected chi connectivity index (χ0v) is 12.6. The molecule has 0 spiro atoms. The predicted octanol–water partition coefficient (Wildman–Crippen LogP) is 1.94. The molecule has 5 heteroatoms. The van der Waals surface area contributed by atoms with Crippen molar-refractivity contribution >= 4 is 21.8 Å². The first-order valence-electron chi connectivity index (χ1n) is 6.56. The lowest BCUT2D eigenvalue weighted by molar-refractivity contribution is -0.124. The highest BCUT2D eigenvalue weighted by Gasteiger charge is 2.22. The predicted molar refractivity (Wildman–Crippen MR) is 78.2 cm³/mol. The number of hydrogen-bond donors (Lipinski definition) is 2. The van der Waals surface area contributed by atoms with Gasteiger partial charge in [-0.3, -0.25) is 4.79 Å². The molecule has 1 aromatic rings. The van der Waals surface area contributed by atoms with Gasteiger partial charge in [0.2, 0.25) is 5.91 Å². The van der Waals surface area contributed by atoms with Crippen molar-refractivity contribution in [3.63, 3.8) is 0 Å². The minimum absolute atomic E-state index is 0.0583. The smallest absolute Gasteiger partial charge is 0.224 e. The highest BCUT2D eigenvalue weighted by molar-refractivity contribution is 9.10. The average Bonchev–Trinajstić information content (AvgIpc) is 2.93. The molecular weight excluding hydrogens is 308 g/mol. The maximum Gasteiger partial charge on any atom is 0.224 e. The third-order valence-electron chi connectivity index (χ3n) is 3.16. The van der Waals surface area contributed by atoms with Crippen LogP contribution in [0.5, 0.6) is 5.75 Å². The summed E-state index contributed by atoms with van der Waals surface area (Å²) >= 11 is 3.44. The molecule has 0 aromatic heterocycles. The minimum atomic E-state index is -0.0583. The number of carbonyl (C=O) groups is 1. The van der Waals surface area contributed by atoms with E-state index in [2.05, 4.69) is 26.6 Å². The van der Waals surface area contributed by atoms with Crippen LogP contribution in [0.2, 0.25) is 0 Å². The van der Waals surface area contributed by atoms with Crippen molar-refractivity contribution in [1.82, 2.24) is 10.6 Å². The van der Waals surface area contributed by atoms with E-state index in [4.69, 9.17) is 4.74 Å². The fourth-order valence-corrected chi connectivity index (χ4v) is 2.44. The Morgan fingerprint density at radius 1 is 1.58 bits per heavy atom. The van der Waals surface area contributed by atoms with Crippen LogP contribution in [0.1, 0.15) is 13.3 Å². The standard InChI is InChI=1S/C14H19BrN2O2/c1-10(19-13-5-3-2-4-12(13)15)8-17-14(18)11-6-7-16-9-11/h2-5,10-11,16H,6-9H2,1H3,(H,17,18). The quantitative estimate of drug-likeness (QED) is 0.869. The van der Waals surface area contributed by atoms with Crippen molar-refractivity contribution in [2.24, 2.45) is 5.92 Å². The average molecular weight is 327 g/mol. The number of hydrogen-bond acceptors (Lipinski definition) is 3. The maximum absolute atomic E-state index is 11.9. The van der Waals surface area contributed by atoms with Crippen LogP contribution in [0.25, 0.3) is 0 Å². The number of benzene rings is 1. The van der Waals surface area contributed by atoms with E-state index in [1.165, 1.54) is 0 Å². The highest BCUT2D eigenvalue weighted by atomic mass is 79.9. The molecule has 2 rings (SSSR count). The van der Waals surface area contributed by atoms with Crippen molar-refractivity contribution in [2.45, 2.75) is 19.4 Å². The third kappa shape index (κ3) is 4.21. The SMILES string of the molecule is CC(CNC(=O)C1CCNC1)Oc1ccccc1Br. The number of nitrogens with one attached hydrogen (secondary N) is 2. The first kappa shape index (κ1) is 14.3. The number of carbonyl (C=O) groups excluding carboxylic acids is 1. The zero-order valence-electron chi connectivity index (χ0n) is 11.0. The molecule has 1 heterocycles. The number of ether oxygens (including phenoxy) is 1. The summed E-state index contributed by atoms with van der Waals surface area (Å²) < 4.78 is 6.71. The van der Waals surface area contributed by atoms with Gasteiger partial charge in [0.1, 0.15) is 11.9 Å². The monoisotopic (exact) mass is 326 g/mol. The van der Waals surface area contributed by atoms with Gasteiger partial charge in [0.05, 0.1) is 16.9 Å². The summed E-state index contributed by atoms with van der Waals surface area (Å²) in [6, 6.07) is 7.71. The molecule has 2 N–H and O–H groups in total. The second kappa shape index (κ2) is 6.91. The Morgan fingerprint density at radius 3 is 3.05 bits per heavy atom. The lowest BCUT2D eigenvalue weighted by atomic mass is 10.1. The fraction of sp³-hybridized carbons (Fsp3) is 0.500. The van der Waals surface area contributed by atoms with Gasteiger partial charge in [0.25, 0.3) is 0 Å². The third-order valence-corrected chi connectivity index (χ3v) is 3.81. The summed E-state index contributed by atoms with van der Waals surface area (Å²) in [5, 5.41) is 6.13. The van der Waals surface area contributed by atoms with Gasteiger partial charge < -0.3 is 15.4 Å². The zero-order chi connectivity index (χ0) is 13.7. The Morgan fingerprint density at radius 2 is 2.37 bits per heavy atom. The van der Waals surface area contributed by atoms with Gasteiger partial charge in [-0.2, -0.15) is 0 Å². The largest absolute Gasteiger partial charge is 0.488 e. The van der Waals surface area contributed by atoms with Gasteiger partial charge >= 0.3 is 0 Å². The van der Waals surface area contributed by atoms with Crippen LogP contribution in [0, 0.1) is 5.92 Å². The van der Waals surface area contributed by atoms with E-state index in [-0.39, 0.29) is 17.9 Å². The summed E-state index contributed by atoms with van der Waals surface area (Å²) in [5.74, 6) is 1.02. The molecule has 1 aromatic carbocycles. The molecule has 0 aliphatic carbocycles. The van der Waals surface area contributed by atoms with Crippen molar-refractivity contribution in [2.75, 3.05) is 19.6 Å². The maximum atomic E-state index is 11.9. The van der Waals surface area contributed by atoms with Crippen LogP contribution in [-0.2, 0) is 4.79 Å². The molecule has 0 radical (unpaired) electrons. The van der Waals surface area contributed by atoms with Gasteiger partial charge in [-0.05, 0) is 48.0 Å². The molecule has 1 fully saturated rings. The number of halogens is 1. The molecule has 1 saturated heterocycles. The van der Waals surface area contributed by atoms with Crippen LogP contribution in [0.15, 0.2) is 28.7 Å². The number of para-hydroxylation sites is 1. The topological polar surface area (TPSA) is 50.4 Å². The van der Waals surface area contributed by atoms with E-state index in [0.29, 0.717) is 6.54 Å². The summed E-state index contributed by atoms with van der Waals surface area (Å²) in [6.45, 7) is 4.19. The van der Waals surface area contributed by atoms with Crippen LogP contribution < -0.4 is 15.4 Å². The van der Waals surface area contributed by atoms with E-state index in [1.807, 2.05) is 31.2 Å². The van der Waals surface area contributed by atoms with E-state index in [9.17, 15) is 4.79 Å². The molecule has 0 saturated carbocycles. The van der Waals surface area contributed by atoms with Crippen LogP contribution in [0.3, 0.4) is 0 Å². The molecule has 2 atom stereocenters. The van der Waals surface area contributed by atoms with E-state index in [1.54, 1.807) is 0 Å². The Labute approximate surface area is 122 Å². The molecule has 4 nitrogen and oxygen atoms in total. The molecule has 19 heavy (non-hydrogen) atoms. The second-order valence-corrected chi connectivity index (χ2v) is 5.65. The first-order valence-corrected chi connectivity index (χ1v) is 7.35. The molecule has 0 bridgehead atoms. The van der Waals surface area contributed by atoms with Crippen molar-refractivity contribution in [3.8, 4) is 5.75 Å². The highest BCUT2D eigenvalue weighted by Crippen LogP contribution is 2.24. The first-order chi connectivity index (χ1) is 9.16. The van der Waals surface area contributed by atoms with Gasteiger partial charge in [-0.1, -0.05) is 12.1 Å². The van der Waals surface area contributed by atoms with Gasteiger partial charge in [-0.15, -0.1) is 0 Å². The lowest BCUT2D eigenvalue weighted by Crippen LogP contribution is -2.38. The normalized spacial score (nSPS) is 20.0. The van der Waals surface area contributed by atoms with E-state index in [0.717, 1.165) is 29.7 Å². The minimum Gasteiger partial charge on any atom is -0.488 e. The molecule has 2 unspecified atom stereocenters. The molecule has 1 aliphatic rings. The molecule has 104 valence electrons. The Kier molecular flexibility index (Phi) is 5.22. The lowest BCUT2D eigenvalue weighted by Gasteiger charge is -2.17. The molecule has 1 amide bonds. The Hall–Kier alpha value is -1.07. The number of rotatable bonds is 5. The second-order valence-electron chi connectivity index (χ2n) is 4.79. The van der Waals surface area contributed by atoms with E-state index >= 15 is 0 Å². The van der Waals surface area contributed by atoms with Crippen molar-refractivity contribution < 1.29 is 9.53 Å². The van der Waals surface area contributed by atoms with E-state index < -0.39 is 0 Å². The molecule has 1 aliphatic heterocycles. The summed E-state index contributed by atoms with van der Waals surface area (Å²) in [6.07, 6.45) is 0.864. The molecular formula is C14H19BrN2O2. The van der Waals surface area contributed by atoms with Crippen LogP contribution >= 0.6 is 15.9 Å². The Bertz CT molecular complexity index is 433. The van der Waals surface area contributed by atoms with Crippen LogP contribution in [-0.4, -0.2) is 31.6 Å². The van der Waals surface area contributed by atoms with Gasteiger partial charge in [0, 0.05) is 6.54 Å². The van der Waals surface area contributed by atoms with Crippen molar-refractivity contribution in [1.29, 1.82) is 0 Å². The fourth-order valence-electron chi connectivity index (χ4n) is 2.07. The number of amides is 1. The van der Waals surface area contributed by atoms with Gasteiger partial charge in [0.15, 0.2) is 0 Å². The van der Waals surface area contributed by atoms with Gasteiger partial charge in [-0.25, -0.2) is 0 Å². The Balaban J connectivity index is 1.76. The van der Waals surface area contributed by atoms with Crippen LogP contribution in [0.4, 0.5) is 0 Å².